The third-order valence-corrected chi connectivity index (χ3v) is 5.39. The Morgan fingerprint density at radius 1 is 1.21 bits per heavy atom. The molecule has 2 heterocycles. The molecule has 0 atom stereocenters. The van der Waals surface area contributed by atoms with E-state index in [1.165, 1.54) is 43.9 Å². The maximum Gasteiger partial charge on any atom is 0.256 e. The Labute approximate surface area is 146 Å². The Morgan fingerprint density at radius 2 is 1.92 bits per heavy atom. The van der Waals surface area contributed by atoms with Gasteiger partial charge in [0.05, 0.1) is 5.75 Å². The smallest absolute Gasteiger partial charge is 0.256 e. The van der Waals surface area contributed by atoms with E-state index in [9.17, 15) is 4.79 Å². The average molecular weight is 347 g/mol. The van der Waals surface area contributed by atoms with Gasteiger partial charge >= 0.3 is 0 Å². The van der Waals surface area contributed by atoms with Crippen molar-refractivity contribution < 1.29 is 4.79 Å². The molecule has 0 bridgehead atoms. The van der Waals surface area contributed by atoms with Crippen LogP contribution in [-0.2, 0) is 4.79 Å². The summed E-state index contributed by atoms with van der Waals surface area (Å²) >= 11 is 1.42. The Kier molecular flexibility index (Phi) is 5.71. The SMILES string of the molecule is Cc1cc(C)n2c(SCC(=O)NC3CCCCCCC3)nnc2n1. The summed E-state index contributed by atoms with van der Waals surface area (Å²) in [7, 11) is 0. The third kappa shape index (κ3) is 4.26. The molecule has 3 rings (SSSR count). The molecule has 0 saturated heterocycles. The van der Waals surface area contributed by atoms with Gasteiger partial charge in [-0.25, -0.2) is 4.98 Å². The van der Waals surface area contributed by atoms with E-state index >= 15 is 0 Å². The van der Waals surface area contributed by atoms with Crippen LogP contribution in [0.25, 0.3) is 5.78 Å². The number of thioether (sulfide) groups is 1. The number of carbonyl (C=O) groups is 1. The summed E-state index contributed by atoms with van der Waals surface area (Å²) in [5, 5.41) is 12.2. The number of fused-ring (bicyclic) bond motifs is 1. The van der Waals surface area contributed by atoms with Crippen molar-refractivity contribution in [1.29, 1.82) is 0 Å². The van der Waals surface area contributed by atoms with Gasteiger partial charge in [0.1, 0.15) is 0 Å². The van der Waals surface area contributed by atoms with Crippen LogP contribution in [0.4, 0.5) is 0 Å². The molecule has 0 aliphatic heterocycles. The molecule has 1 aliphatic rings. The molecule has 1 fully saturated rings. The van der Waals surface area contributed by atoms with E-state index in [0.717, 1.165) is 29.4 Å². The minimum absolute atomic E-state index is 0.0834. The summed E-state index contributed by atoms with van der Waals surface area (Å²) in [6, 6.07) is 2.33. The van der Waals surface area contributed by atoms with E-state index in [2.05, 4.69) is 20.5 Å². The molecule has 6 nitrogen and oxygen atoms in total. The van der Waals surface area contributed by atoms with Gasteiger partial charge in [-0.1, -0.05) is 43.9 Å². The number of hydrogen-bond donors (Lipinski definition) is 1. The van der Waals surface area contributed by atoms with Crippen LogP contribution in [0.2, 0.25) is 0 Å². The number of hydrogen-bond acceptors (Lipinski definition) is 5. The van der Waals surface area contributed by atoms with Crippen LogP contribution in [0.5, 0.6) is 0 Å². The molecule has 2 aromatic heterocycles. The lowest BCUT2D eigenvalue weighted by Gasteiger charge is -2.20. The molecule has 24 heavy (non-hydrogen) atoms. The fourth-order valence-corrected chi connectivity index (χ4v) is 4.09. The lowest BCUT2D eigenvalue weighted by atomic mass is 9.97. The Balaban J connectivity index is 1.58. The van der Waals surface area contributed by atoms with Crippen LogP contribution < -0.4 is 5.32 Å². The van der Waals surface area contributed by atoms with Crippen molar-refractivity contribution in [3.05, 3.63) is 17.5 Å². The molecule has 1 N–H and O–H groups in total. The van der Waals surface area contributed by atoms with Crippen LogP contribution in [-0.4, -0.2) is 37.3 Å². The second-order valence-corrected chi connectivity index (χ2v) is 7.50. The summed E-state index contributed by atoms with van der Waals surface area (Å²) in [4.78, 5) is 16.6. The van der Waals surface area contributed by atoms with E-state index in [4.69, 9.17) is 0 Å². The second-order valence-electron chi connectivity index (χ2n) is 6.56. The van der Waals surface area contributed by atoms with Crippen molar-refractivity contribution in [2.45, 2.75) is 70.0 Å². The number of nitrogens with zero attached hydrogens (tertiary/aromatic N) is 4. The molecule has 1 aliphatic carbocycles. The van der Waals surface area contributed by atoms with Crippen molar-refractivity contribution in [2.24, 2.45) is 0 Å². The van der Waals surface area contributed by atoms with Crippen molar-refractivity contribution in [1.82, 2.24) is 24.9 Å². The first-order chi connectivity index (χ1) is 11.6. The average Bonchev–Trinajstić information content (AvgIpc) is 2.91. The molecular weight excluding hydrogens is 322 g/mol. The molecule has 0 aromatic carbocycles. The summed E-state index contributed by atoms with van der Waals surface area (Å²) < 4.78 is 1.90. The maximum absolute atomic E-state index is 12.3. The zero-order valence-electron chi connectivity index (χ0n) is 14.4. The molecule has 0 unspecified atom stereocenters. The van der Waals surface area contributed by atoms with Crippen molar-refractivity contribution in [3.63, 3.8) is 0 Å². The zero-order chi connectivity index (χ0) is 16.9. The fraction of sp³-hybridized carbons (Fsp3) is 0.647. The second kappa shape index (κ2) is 7.96. The Hall–Kier alpha value is -1.63. The third-order valence-electron chi connectivity index (χ3n) is 4.47. The predicted octanol–water partition coefficient (Wildman–Crippen LogP) is 3.06. The number of aromatic nitrogens is 4. The van der Waals surface area contributed by atoms with Crippen molar-refractivity contribution in [2.75, 3.05) is 5.75 Å². The normalized spacial score (nSPS) is 16.8. The van der Waals surface area contributed by atoms with Crippen LogP contribution in [0.1, 0.15) is 56.3 Å². The van der Waals surface area contributed by atoms with Crippen LogP contribution in [0.3, 0.4) is 0 Å². The van der Waals surface area contributed by atoms with Crippen LogP contribution >= 0.6 is 11.8 Å². The molecule has 1 amide bonds. The first kappa shape index (κ1) is 17.2. The van der Waals surface area contributed by atoms with Gasteiger partial charge in [-0.3, -0.25) is 9.20 Å². The van der Waals surface area contributed by atoms with Crippen molar-refractivity contribution >= 4 is 23.4 Å². The molecule has 7 heteroatoms. The molecule has 0 radical (unpaired) electrons. The van der Waals surface area contributed by atoms with Crippen LogP contribution in [0.15, 0.2) is 11.2 Å². The van der Waals surface area contributed by atoms with Gasteiger partial charge in [-0.05, 0) is 32.8 Å². The maximum atomic E-state index is 12.3. The molecule has 2 aromatic rings. The zero-order valence-corrected chi connectivity index (χ0v) is 15.2. The summed E-state index contributed by atoms with van der Waals surface area (Å²) in [6.45, 7) is 3.95. The number of aryl methyl sites for hydroxylation is 2. The number of amides is 1. The Bertz CT molecular complexity index is 706. The number of carbonyl (C=O) groups excluding carboxylic acids is 1. The first-order valence-electron chi connectivity index (χ1n) is 8.75. The van der Waals surface area contributed by atoms with E-state index in [-0.39, 0.29) is 5.91 Å². The number of rotatable bonds is 4. The molecule has 0 spiro atoms. The predicted molar refractivity (Wildman–Crippen MR) is 95.2 cm³/mol. The minimum Gasteiger partial charge on any atom is -0.353 e. The molecule has 130 valence electrons. The highest BCUT2D eigenvalue weighted by molar-refractivity contribution is 7.99. The Morgan fingerprint density at radius 3 is 2.67 bits per heavy atom. The monoisotopic (exact) mass is 347 g/mol. The van der Waals surface area contributed by atoms with E-state index in [1.54, 1.807) is 0 Å². The van der Waals surface area contributed by atoms with E-state index < -0.39 is 0 Å². The topological polar surface area (TPSA) is 72.2 Å². The van der Waals surface area contributed by atoms with Gasteiger partial charge in [0.2, 0.25) is 5.91 Å². The standard InChI is InChI=1S/C17H25N5OS/c1-12-10-13(2)22-16(18-12)20-21-17(22)24-11-15(23)19-14-8-6-4-3-5-7-9-14/h10,14H,3-9,11H2,1-2H3,(H,19,23). The first-order valence-corrected chi connectivity index (χ1v) is 9.73. The molecule has 1 saturated carbocycles. The lowest BCUT2D eigenvalue weighted by molar-refractivity contribution is -0.119. The minimum atomic E-state index is 0.0834. The fourth-order valence-electron chi connectivity index (χ4n) is 3.29. The van der Waals surface area contributed by atoms with Gasteiger partial charge in [-0.2, -0.15) is 0 Å². The highest BCUT2D eigenvalue weighted by atomic mass is 32.2. The van der Waals surface area contributed by atoms with Gasteiger partial charge in [-0.15, -0.1) is 10.2 Å². The van der Waals surface area contributed by atoms with Gasteiger partial charge in [0.25, 0.3) is 5.78 Å². The summed E-state index contributed by atoms with van der Waals surface area (Å²) in [5.41, 5.74) is 1.96. The van der Waals surface area contributed by atoms with Crippen LogP contribution in [0, 0.1) is 13.8 Å². The quantitative estimate of drug-likeness (QED) is 0.861. The summed E-state index contributed by atoms with van der Waals surface area (Å²) in [6.07, 6.45) is 8.56. The lowest BCUT2D eigenvalue weighted by Crippen LogP contribution is -2.36. The van der Waals surface area contributed by atoms with Gasteiger partial charge in [0.15, 0.2) is 5.16 Å². The highest BCUT2D eigenvalue weighted by Crippen LogP contribution is 2.20. The summed E-state index contributed by atoms with van der Waals surface area (Å²) in [5.74, 6) is 1.04. The van der Waals surface area contributed by atoms with Gasteiger partial charge < -0.3 is 5.32 Å². The van der Waals surface area contributed by atoms with E-state index in [0.29, 0.717) is 17.6 Å². The molecular formula is C17H25N5OS. The largest absolute Gasteiger partial charge is 0.353 e. The highest BCUT2D eigenvalue weighted by Gasteiger charge is 2.16. The van der Waals surface area contributed by atoms with E-state index in [1.807, 2.05) is 24.3 Å². The van der Waals surface area contributed by atoms with Gasteiger partial charge in [0, 0.05) is 17.4 Å². The number of nitrogens with one attached hydrogen (secondary N) is 1. The van der Waals surface area contributed by atoms with Crippen molar-refractivity contribution in [3.8, 4) is 0 Å².